The molecule has 0 aromatic rings. The van der Waals surface area contributed by atoms with E-state index in [-0.39, 0.29) is 13.2 Å². The van der Waals surface area contributed by atoms with Gasteiger partial charge in [-0.15, -0.1) is 0 Å². The fourth-order valence-electron chi connectivity index (χ4n) is 0. The molecular weight excluding hydrogens is 204 g/mol. The molecular formula is C6H11ClO6. The van der Waals surface area contributed by atoms with Crippen molar-refractivity contribution in [3.63, 3.8) is 0 Å². The maximum atomic E-state index is 9.25. The number of aliphatic hydroxyl groups is 2. The zero-order chi connectivity index (χ0) is 11.3. The molecule has 13 heavy (non-hydrogen) atoms. The van der Waals surface area contributed by atoms with Gasteiger partial charge in [-0.25, -0.2) is 9.59 Å². The fraction of sp³-hybridized carbons (Fsp3) is 0.333. The molecule has 0 bridgehead atoms. The van der Waals surface area contributed by atoms with Gasteiger partial charge < -0.3 is 20.4 Å². The van der Waals surface area contributed by atoms with Crippen LogP contribution in [0.15, 0.2) is 12.7 Å². The Hall–Kier alpha value is -1.11. The molecule has 0 saturated carbocycles. The molecule has 6 nitrogen and oxygen atoms in total. The minimum absolute atomic E-state index is 0.125. The molecule has 0 aliphatic carbocycles. The summed E-state index contributed by atoms with van der Waals surface area (Å²) in [6, 6.07) is 0. The van der Waals surface area contributed by atoms with Crippen molar-refractivity contribution in [3.05, 3.63) is 12.7 Å². The summed E-state index contributed by atoms with van der Waals surface area (Å²) in [7, 11) is 0. The summed E-state index contributed by atoms with van der Waals surface area (Å²) in [5.74, 6) is -0.981. The zero-order valence-corrected chi connectivity index (χ0v) is 7.44. The topological polar surface area (TPSA) is 115 Å². The molecule has 78 valence electrons. The summed E-state index contributed by atoms with van der Waals surface area (Å²) >= 11 is 4.19. The number of carboxylic acids is 1. The van der Waals surface area contributed by atoms with Crippen LogP contribution in [0.2, 0.25) is 0 Å². The maximum Gasteiger partial charge on any atom is 0.401 e. The third-order valence-corrected chi connectivity index (χ3v) is 0.275. The molecule has 0 aromatic heterocycles. The van der Waals surface area contributed by atoms with Gasteiger partial charge in [-0.05, 0) is 0 Å². The van der Waals surface area contributed by atoms with Crippen LogP contribution in [0.25, 0.3) is 0 Å². The molecule has 7 heteroatoms. The van der Waals surface area contributed by atoms with Crippen molar-refractivity contribution in [2.45, 2.75) is 0 Å². The van der Waals surface area contributed by atoms with Gasteiger partial charge in [0.15, 0.2) is 0 Å². The van der Waals surface area contributed by atoms with Crippen LogP contribution >= 0.6 is 11.6 Å². The van der Waals surface area contributed by atoms with Crippen LogP contribution in [-0.4, -0.2) is 45.0 Å². The summed E-state index contributed by atoms with van der Waals surface area (Å²) < 4.78 is 0. The second-order valence-electron chi connectivity index (χ2n) is 1.24. The van der Waals surface area contributed by atoms with Gasteiger partial charge in [-0.3, -0.25) is 0 Å². The Morgan fingerprint density at radius 2 is 1.38 bits per heavy atom. The van der Waals surface area contributed by atoms with Crippen LogP contribution < -0.4 is 0 Å². The Bertz CT molecular complexity index is 140. The standard InChI is InChI=1S/C3H4O2.C2H6O2.CHClO2/c1-2-3(4)5;3-1-2-4;2-1(3)4/h2H,1H2,(H,4,5);3-4H,1-2H2;(H,3,4). The summed E-state index contributed by atoms with van der Waals surface area (Å²) in [5, 5.41) is 30.0. The van der Waals surface area contributed by atoms with Crippen molar-refractivity contribution in [3.8, 4) is 0 Å². The van der Waals surface area contributed by atoms with Crippen molar-refractivity contribution in [2.75, 3.05) is 13.2 Å². The molecule has 0 aliphatic heterocycles. The Balaban J connectivity index is -0.000000117. The van der Waals surface area contributed by atoms with Crippen LogP contribution in [-0.2, 0) is 4.79 Å². The van der Waals surface area contributed by atoms with E-state index in [9.17, 15) is 4.79 Å². The van der Waals surface area contributed by atoms with Crippen molar-refractivity contribution in [2.24, 2.45) is 0 Å². The highest BCUT2D eigenvalue weighted by molar-refractivity contribution is 6.60. The van der Waals surface area contributed by atoms with Crippen molar-refractivity contribution < 1.29 is 30.0 Å². The van der Waals surface area contributed by atoms with Crippen LogP contribution in [0.4, 0.5) is 4.79 Å². The quantitative estimate of drug-likeness (QED) is 0.384. The summed E-state index contributed by atoms with van der Waals surface area (Å²) in [5.41, 5.74) is -1.36. The van der Waals surface area contributed by atoms with Crippen LogP contribution in [0.3, 0.4) is 0 Å². The smallest absolute Gasteiger partial charge is 0.401 e. The number of carbonyl (C=O) groups is 2. The van der Waals surface area contributed by atoms with E-state index in [0.717, 1.165) is 6.08 Å². The van der Waals surface area contributed by atoms with Crippen molar-refractivity contribution in [1.82, 2.24) is 0 Å². The Labute approximate surface area is 79.7 Å². The lowest BCUT2D eigenvalue weighted by atomic mass is 10.7. The van der Waals surface area contributed by atoms with E-state index in [1.54, 1.807) is 0 Å². The Morgan fingerprint density at radius 3 is 1.38 bits per heavy atom. The van der Waals surface area contributed by atoms with Gasteiger partial charge >= 0.3 is 11.4 Å². The summed E-state index contributed by atoms with van der Waals surface area (Å²) in [4.78, 5) is 18.0. The number of aliphatic hydroxyl groups excluding tert-OH is 2. The van der Waals surface area contributed by atoms with Gasteiger partial charge in [0.1, 0.15) is 0 Å². The first-order chi connectivity index (χ1) is 5.92. The minimum Gasteiger partial charge on any atom is -0.478 e. The third-order valence-electron chi connectivity index (χ3n) is 0.275. The maximum absolute atomic E-state index is 9.25. The lowest BCUT2D eigenvalue weighted by Crippen LogP contribution is -1.85. The van der Waals surface area contributed by atoms with E-state index in [1.807, 2.05) is 0 Å². The average molecular weight is 215 g/mol. The Kier molecular flexibility index (Phi) is 23.5. The van der Waals surface area contributed by atoms with Crippen LogP contribution in [0.5, 0.6) is 0 Å². The van der Waals surface area contributed by atoms with Crippen LogP contribution in [0, 0.1) is 0 Å². The van der Waals surface area contributed by atoms with Gasteiger partial charge in [0.05, 0.1) is 13.2 Å². The predicted molar refractivity (Wildman–Crippen MR) is 45.9 cm³/mol. The first-order valence-corrected chi connectivity index (χ1v) is 3.25. The van der Waals surface area contributed by atoms with E-state index in [1.165, 1.54) is 0 Å². The molecule has 4 N–H and O–H groups in total. The van der Waals surface area contributed by atoms with Crippen molar-refractivity contribution in [1.29, 1.82) is 0 Å². The summed E-state index contributed by atoms with van der Waals surface area (Å²) in [6.07, 6.45) is 0.833. The van der Waals surface area contributed by atoms with Crippen molar-refractivity contribution >= 4 is 23.0 Å². The number of hydrogen-bond acceptors (Lipinski definition) is 4. The van der Waals surface area contributed by atoms with Gasteiger partial charge in [-0.2, -0.15) is 0 Å². The first kappa shape index (κ1) is 17.8. The van der Waals surface area contributed by atoms with E-state index >= 15 is 0 Å². The molecule has 0 atom stereocenters. The average Bonchev–Trinajstić information content (AvgIpc) is 2.04. The third kappa shape index (κ3) is 241. The van der Waals surface area contributed by atoms with Gasteiger partial charge in [0.2, 0.25) is 0 Å². The fourth-order valence-corrected chi connectivity index (χ4v) is 0. The molecule has 0 radical (unpaired) electrons. The molecule has 0 amide bonds. The van der Waals surface area contributed by atoms with E-state index < -0.39 is 11.4 Å². The Morgan fingerprint density at radius 1 is 1.23 bits per heavy atom. The molecule has 0 heterocycles. The largest absolute Gasteiger partial charge is 0.478 e. The highest BCUT2D eigenvalue weighted by Gasteiger charge is 1.73. The normalized spacial score (nSPS) is 6.69. The molecule has 0 fully saturated rings. The minimum atomic E-state index is -1.36. The second kappa shape index (κ2) is 17.1. The number of hydrogen-bond donors (Lipinski definition) is 4. The van der Waals surface area contributed by atoms with Gasteiger partial charge in [0.25, 0.3) is 0 Å². The number of aliphatic carboxylic acids is 1. The highest BCUT2D eigenvalue weighted by atomic mass is 35.5. The number of carboxylic acid groups (broad SMARTS) is 2. The van der Waals surface area contributed by atoms with Gasteiger partial charge in [0, 0.05) is 17.7 Å². The predicted octanol–water partition coefficient (Wildman–Crippen LogP) is 0.131. The lowest BCUT2D eigenvalue weighted by molar-refractivity contribution is -0.131. The molecule has 0 spiro atoms. The molecule has 0 rings (SSSR count). The molecule has 0 saturated heterocycles. The van der Waals surface area contributed by atoms with E-state index in [4.69, 9.17) is 25.2 Å². The highest BCUT2D eigenvalue weighted by Crippen LogP contribution is 1.67. The summed E-state index contributed by atoms with van der Waals surface area (Å²) in [6.45, 7) is 2.71. The van der Waals surface area contributed by atoms with E-state index in [2.05, 4.69) is 18.2 Å². The van der Waals surface area contributed by atoms with Gasteiger partial charge in [-0.1, -0.05) is 6.58 Å². The monoisotopic (exact) mass is 214 g/mol. The molecule has 0 unspecified atom stereocenters. The van der Waals surface area contributed by atoms with Crippen LogP contribution in [0.1, 0.15) is 0 Å². The second-order valence-corrected chi connectivity index (χ2v) is 1.57. The number of halogens is 1. The lowest BCUT2D eigenvalue weighted by Gasteiger charge is -1.70. The molecule has 0 aliphatic rings. The van der Waals surface area contributed by atoms with E-state index in [0.29, 0.717) is 0 Å². The number of rotatable bonds is 2. The first-order valence-electron chi connectivity index (χ1n) is 2.87. The molecule has 0 aromatic carbocycles. The zero-order valence-electron chi connectivity index (χ0n) is 6.68. The SMILES string of the molecule is C=CC(=O)O.O=C(O)Cl.OCCO.